The van der Waals surface area contributed by atoms with Crippen molar-refractivity contribution in [2.24, 2.45) is 5.92 Å². The van der Waals surface area contributed by atoms with Gasteiger partial charge < -0.3 is 15.5 Å². The molecule has 0 aromatic heterocycles. The maximum absolute atomic E-state index is 12.6. The molecule has 0 heterocycles. The number of anilines is 2. The van der Waals surface area contributed by atoms with Crippen molar-refractivity contribution < 1.29 is 14.4 Å². The average Bonchev–Trinajstić information content (AvgIpc) is 2.69. The summed E-state index contributed by atoms with van der Waals surface area (Å²) in [6.07, 6.45) is 6.25. The molecule has 1 fully saturated rings. The van der Waals surface area contributed by atoms with Crippen LogP contribution in [0.1, 0.15) is 46.0 Å². The summed E-state index contributed by atoms with van der Waals surface area (Å²) in [5.74, 6) is 0.363. The number of carbonyl (C=O) groups excluding carboxylic acids is 3. The molecule has 7 nitrogen and oxygen atoms in total. The first-order chi connectivity index (χ1) is 13.9. The second kappa shape index (κ2) is 11.6. The van der Waals surface area contributed by atoms with E-state index in [-0.39, 0.29) is 30.8 Å². The van der Waals surface area contributed by atoms with Gasteiger partial charge >= 0.3 is 0 Å². The maximum atomic E-state index is 12.6. The number of hydrogen-bond acceptors (Lipinski definition) is 4. The van der Waals surface area contributed by atoms with Gasteiger partial charge in [0.05, 0.1) is 13.1 Å². The Hall–Kier alpha value is -2.41. The zero-order valence-corrected chi connectivity index (χ0v) is 17.9. The van der Waals surface area contributed by atoms with Crippen molar-refractivity contribution in [2.75, 3.05) is 43.9 Å². The second-order valence-electron chi connectivity index (χ2n) is 7.89. The van der Waals surface area contributed by atoms with Crippen LogP contribution in [0.3, 0.4) is 0 Å². The third-order valence-electron chi connectivity index (χ3n) is 5.34. The van der Waals surface area contributed by atoms with Crippen molar-refractivity contribution in [1.29, 1.82) is 0 Å². The van der Waals surface area contributed by atoms with Crippen molar-refractivity contribution >= 4 is 29.1 Å². The van der Waals surface area contributed by atoms with E-state index in [9.17, 15) is 14.4 Å². The van der Waals surface area contributed by atoms with Gasteiger partial charge in [0, 0.05) is 31.9 Å². The monoisotopic (exact) mass is 402 g/mol. The molecule has 2 N–H and O–H groups in total. The summed E-state index contributed by atoms with van der Waals surface area (Å²) in [6, 6.07) is 6.95. The van der Waals surface area contributed by atoms with Crippen molar-refractivity contribution in [2.45, 2.75) is 46.0 Å². The highest BCUT2D eigenvalue weighted by molar-refractivity contribution is 5.93. The van der Waals surface area contributed by atoms with Crippen molar-refractivity contribution in [3.8, 4) is 0 Å². The van der Waals surface area contributed by atoms with Gasteiger partial charge in [-0.2, -0.15) is 0 Å². The van der Waals surface area contributed by atoms with Gasteiger partial charge in [-0.05, 0) is 49.6 Å². The Kier molecular flexibility index (Phi) is 9.12. The van der Waals surface area contributed by atoms with Crippen molar-refractivity contribution in [3.05, 3.63) is 24.3 Å². The van der Waals surface area contributed by atoms with Crippen LogP contribution in [0.4, 0.5) is 11.4 Å². The largest absolute Gasteiger partial charge is 0.344 e. The predicted molar refractivity (Wildman–Crippen MR) is 116 cm³/mol. The van der Waals surface area contributed by atoms with E-state index in [1.54, 1.807) is 24.3 Å². The third-order valence-corrected chi connectivity index (χ3v) is 5.34. The van der Waals surface area contributed by atoms with E-state index in [1.165, 1.54) is 39.0 Å². The lowest BCUT2D eigenvalue weighted by atomic mass is 9.89. The summed E-state index contributed by atoms with van der Waals surface area (Å²) in [7, 11) is 1.86. The first kappa shape index (κ1) is 22.9. The quantitative estimate of drug-likeness (QED) is 0.665. The number of carbonyl (C=O) groups is 3. The lowest BCUT2D eigenvalue weighted by Gasteiger charge is -2.29. The van der Waals surface area contributed by atoms with Gasteiger partial charge in [0.25, 0.3) is 0 Å². The number of benzene rings is 1. The normalized spacial score (nSPS) is 14.5. The molecule has 1 aliphatic carbocycles. The van der Waals surface area contributed by atoms with Crippen LogP contribution in [-0.4, -0.2) is 60.7 Å². The minimum atomic E-state index is -0.165. The minimum Gasteiger partial charge on any atom is -0.344 e. The Bertz CT molecular complexity index is 684. The Labute approximate surface area is 173 Å². The van der Waals surface area contributed by atoms with Gasteiger partial charge in [0.1, 0.15) is 0 Å². The Balaban J connectivity index is 1.79. The van der Waals surface area contributed by atoms with E-state index in [4.69, 9.17) is 0 Å². The van der Waals surface area contributed by atoms with E-state index in [0.29, 0.717) is 23.8 Å². The van der Waals surface area contributed by atoms with E-state index in [1.807, 2.05) is 23.8 Å². The first-order valence-electron chi connectivity index (χ1n) is 10.5. The predicted octanol–water partition coefficient (Wildman–Crippen LogP) is 2.94. The van der Waals surface area contributed by atoms with Gasteiger partial charge in [0.15, 0.2) is 0 Å². The molecule has 0 spiro atoms. The molecule has 3 amide bonds. The van der Waals surface area contributed by atoms with Gasteiger partial charge in [0.2, 0.25) is 17.7 Å². The van der Waals surface area contributed by atoms with E-state index < -0.39 is 0 Å². The van der Waals surface area contributed by atoms with Crippen LogP contribution < -0.4 is 10.6 Å². The summed E-state index contributed by atoms with van der Waals surface area (Å²) in [5, 5.41) is 5.52. The molecule has 0 atom stereocenters. The topological polar surface area (TPSA) is 81.8 Å². The molecular weight excluding hydrogens is 368 g/mol. The van der Waals surface area contributed by atoms with Crippen LogP contribution in [0, 0.1) is 5.92 Å². The van der Waals surface area contributed by atoms with Crippen LogP contribution in [-0.2, 0) is 14.4 Å². The molecule has 2 rings (SSSR count). The zero-order chi connectivity index (χ0) is 21.2. The smallest absolute Gasteiger partial charge is 0.238 e. The van der Waals surface area contributed by atoms with Gasteiger partial charge in [-0.3, -0.25) is 19.3 Å². The van der Waals surface area contributed by atoms with Crippen LogP contribution in [0.25, 0.3) is 0 Å². The molecular formula is C22H34N4O3. The Morgan fingerprint density at radius 1 is 0.966 bits per heavy atom. The van der Waals surface area contributed by atoms with E-state index in [2.05, 4.69) is 10.6 Å². The number of amides is 3. The minimum absolute atomic E-state index is 0.0601. The zero-order valence-electron chi connectivity index (χ0n) is 17.9. The fourth-order valence-corrected chi connectivity index (χ4v) is 3.69. The second-order valence-corrected chi connectivity index (χ2v) is 7.89. The molecule has 29 heavy (non-hydrogen) atoms. The first-order valence-corrected chi connectivity index (χ1v) is 10.5. The summed E-state index contributed by atoms with van der Waals surface area (Å²) in [6.45, 7) is 5.23. The van der Waals surface area contributed by atoms with Gasteiger partial charge in [-0.25, -0.2) is 0 Å². The number of nitrogens with one attached hydrogen (secondary N) is 2. The van der Waals surface area contributed by atoms with E-state index in [0.717, 1.165) is 6.54 Å². The molecule has 1 saturated carbocycles. The van der Waals surface area contributed by atoms with Gasteiger partial charge in [-0.1, -0.05) is 26.2 Å². The summed E-state index contributed by atoms with van der Waals surface area (Å²) >= 11 is 0. The Morgan fingerprint density at radius 2 is 1.55 bits per heavy atom. The lowest BCUT2D eigenvalue weighted by molar-refractivity contribution is -0.132. The SMILES string of the molecule is CCN(CC(=O)Nc1ccc(NC(C)=O)cc1)CC(=O)N(C)CC1CCCCC1. The molecule has 1 aromatic carbocycles. The molecule has 1 aromatic rings. The number of likely N-dealkylation sites (N-methyl/N-ethyl adjacent to an activating group) is 2. The lowest BCUT2D eigenvalue weighted by Crippen LogP contribution is -2.43. The highest BCUT2D eigenvalue weighted by atomic mass is 16.2. The molecule has 0 radical (unpaired) electrons. The van der Waals surface area contributed by atoms with Crippen LogP contribution >= 0.6 is 0 Å². The third kappa shape index (κ3) is 8.23. The summed E-state index contributed by atoms with van der Waals surface area (Å²) in [5.41, 5.74) is 1.33. The molecule has 0 unspecified atom stereocenters. The number of nitrogens with zero attached hydrogens (tertiary/aromatic N) is 2. The van der Waals surface area contributed by atoms with Crippen LogP contribution in [0.2, 0.25) is 0 Å². The van der Waals surface area contributed by atoms with Crippen molar-refractivity contribution in [1.82, 2.24) is 9.80 Å². The van der Waals surface area contributed by atoms with Crippen LogP contribution in [0.5, 0.6) is 0 Å². The fourth-order valence-electron chi connectivity index (χ4n) is 3.69. The fraction of sp³-hybridized carbons (Fsp3) is 0.591. The number of hydrogen-bond donors (Lipinski definition) is 2. The molecule has 0 bridgehead atoms. The van der Waals surface area contributed by atoms with E-state index >= 15 is 0 Å². The molecule has 1 aliphatic rings. The molecule has 0 saturated heterocycles. The molecule has 160 valence electrons. The standard InChI is InChI=1S/C22H34N4O3/c1-4-26(16-22(29)25(3)14-18-8-6-5-7-9-18)15-21(28)24-20-12-10-19(11-13-20)23-17(2)27/h10-13,18H,4-9,14-16H2,1-3H3,(H,23,27)(H,24,28). The van der Waals surface area contributed by atoms with Crippen LogP contribution in [0.15, 0.2) is 24.3 Å². The van der Waals surface area contributed by atoms with Gasteiger partial charge in [-0.15, -0.1) is 0 Å². The average molecular weight is 403 g/mol. The summed E-state index contributed by atoms with van der Waals surface area (Å²) in [4.78, 5) is 39.7. The summed E-state index contributed by atoms with van der Waals surface area (Å²) < 4.78 is 0. The molecule has 0 aliphatic heterocycles. The van der Waals surface area contributed by atoms with Crippen molar-refractivity contribution in [3.63, 3.8) is 0 Å². The molecule has 7 heteroatoms. The Morgan fingerprint density at radius 3 is 2.10 bits per heavy atom. The highest BCUT2D eigenvalue weighted by Crippen LogP contribution is 2.24. The number of rotatable bonds is 9. The highest BCUT2D eigenvalue weighted by Gasteiger charge is 2.20. The maximum Gasteiger partial charge on any atom is 0.238 e.